The fraction of sp³-hybridized carbons (Fsp3) is 0.625. The van der Waals surface area contributed by atoms with E-state index >= 15 is 0 Å². The minimum atomic E-state index is -0.908. The lowest BCUT2D eigenvalue weighted by Gasteiger charge is -2.35. The number of benzene rings is 1. The Labute approximate surface area is 124 Å². The van der Waals surface area contributed by atoms with Crippen LogP contribution in [0.25, 0.3) is 0 Å². The molecule has 0 amide bonds. The summed E-state index contributed by atoms with van der Waals surface area (Å²) in [5.74, 6) is 1.33. The zero-order valence-electron chi connectivity index (χ0n) is 12.8. The summed E-state index contributed by atoms with van der Waals surface area (Å²) in [6.45, 7) is 9.81. The van der Waals surface area contributed by atoms with Gasteiger partial charge in [0.1, 0.15) is 12.4 Å². The zero-order valence-corrected chi connectivity index (χ0v) is 13.6. The summed E-state index contributed by atoms with van der Waals surface area (Å²) < 4.78 is 18.7. The SMILES string of the molecule is CCNC1c2ccccc2OCC1S(=O)C(C)C(C)C. The largest absolute Gasteiger partial charge is 0.492 e. The Kier molecular flexibility index (Phi) is 5.22. The molecule has 1 aliphatic heterocycles. The number of hydrogen-bond donors (Lipinski definition) is 1. The van der Waals surface area contributed by atoms with Crippen LogP contribution in [0.15, 0.2) is 24.3 Å². The number of rotatable bonds is 5. The molecule has 112 valence electrons. The number of nitrogens with one attached hydrogen (secondary N) is 1. The molecule has 0 aromatic heterocycles. The van der Waals surface area contributed by atoms with Crippen molar-refractivity contribution in [3.8, 4) is 5.75 Å². The average molecular weight is 295 g/mol. The third kappa shape index (κ3) is 3.07. The predicted molar refractivity (Wildman–Crippen MR) is 84.6 cm³/mol. The average Bonchev–Trinajstić information content (AvgIpc) is 2.46. The Bertz CT molecular complexity index is 475. The van der Waals surface area contributed by atoms with Gasteiger partial charge in [0.15, 0.2) is 0 Å². The van der Waals surface area contributed by atoms with E-state index in [0.29, 0.717) is 12.5 Å². The fourth-order valence-electron chi connectivity index (χ4n) is 2.54. The Hall–Kier alpha value is -0.870. The highest BCUT2D eigenvalue weighted by atomic mass is 32.2. The van der Waals surface area contributed by atoms with E-state index in [1.54, 1.807) is 0 Å². The van der Waals surface area contributed by atoms with E-state index in [2.05, 4.69) is 39.1 Å². The molecule has 0 spiro atoms. The van der Waals surface area contributed by atoms with E-state index < -0.39 is 10.8 Å². The van der Waals surface area contributed by atoms with Crippen molar-refractivity contribution in [3.63, 3.8) is 0 Å². The third-order valence-electron chi connectivity index (χ3n) is 4.06. The molecular formula is C16H25NO2S. The number of hydrogen-bond acceptors (Lipinski definition) is 3. The first-order chi connectivity index (χ1) is 9.56. The number of para-hydroxylation sites is 1. The lowest BCUT2D eigenvalue weighted by Crippen LogP contribution is -2.44. The first-order valence-corrected chi connectivity index (χ1v) is 8.68. The van der Waals surface area contributed by atoms with Crippen LogP contribution in [-0.2, 0) is 10.8 Å². The minimum Gasteiger partial charge on any atom is -0.492 e. The van der Waals surface area contributed by atoms with Crippen LogP contribution in [0, 0.1) is 5.92 Å². The van der Waals surface area contributed by atoms with Crippen LogP contribution in [0.1, 0.15) is 39.3 Å². The molecule has 0 radical (unpaired) electrons. The summed E-state index contributed by atoms with van der Waals surface area (Å²) in [4.78, 5) is 0. The molecule has 1 aromatic rings. The smallest absolute Gasteiger partial charge is 0.124 e. The summed E-state index contributed by atoms with van der Waals surface area (Å²) >= 11 is 0. The standard InChI is InChI=1S/C16H25NO2S/c1-5-17-16-13-8-6-7-9-14(13)19-10-15(16)20(18)12(4)11(2)3/h6-9,11-12,15-17H,5,10H2,1-4H3. The predicted octanol–water partition coefficient (Wildman–Crippen LogP) is 2.89. The molecule has 4 heteroatoms. The molecule has 20 heavy (non-hydrogen) atoms. The van der Waals surface area contributed by atoms with Gasteiger partial charge in [-0.3, -0.25) is 4.21 Å². The van der Waals surface area contributed by atoms with Crippen LogP contribution >= 0.6 is 0 Å². The summed E-state index contributed by atoms with van der Waals surface area (Å²) in [5.41, 5.74) is 1.13. The molecule has 4 atom stereocenters. The molecule has 1 aromatic carbocycles. The van der Waals surface area contributed by atoms with Crippen molar-refractivity contribution in [3.05, 3.63) is 29.8 Å². The highest BCUT2D eigenvalue weighted by Gasteiger charge is 2.36. The van der Waals surface area contributed by atoms with E-state index in [-0.39, 0.29) is 16.5 Å². The maximum atomic E-state index is 12.8. The van der Waals surface area contributed by atoms with Gasteiger partial charge in [0.25, 0.3) is 0 Å². The highest BCUT2D eigenvalue weighted by molar-refractivity contribution is 7.86. The summed E-state index contributed by atoms with van der Waals surface area (Å²) in [5, 5.41) is 3.68. The first kappa shape index (κ1) is 15.5. The summed E-state index contributed by atoms with van der Waals surface area (Å²) in [7, 11) is -0.908. The molecule has 0 fully saturated rings. The monoisotopic (exact) mass is 295 g/mol. The van der Waals surface area contributed by atoms with Gasteiger partial charge >= 0.3 is 0 Å². The number of ether oxygens (including phenoxy) is 1. The Morgan fingerprint density at radius 1 is 1.35 bits per heavy atom. The molecule has 0 bridgehead atoms. The topological polar surface area (TPSA) is 38.3 Å². The van der Waals surface area contributed by atoms with Crippen molar-refractivity contribution >= 4 is 10.8 Å². The maximum absolute atomic E-state index is 12.8. The van der Waals surface area contributed by atoms with Gasteiger partial charge in [-0.25, -0.2) is 0 Å². The highest BCUT2D eigenvalue weighted by Crippen LogP contribution is 2.35. The van der Waals surface area contributed by atoms with Crippen LogP contribution in [-0.4, -0.2) is 27.9 Å². The summed E-state index contributed by atoms with van der Waals surface area (Å²) in [6, 6.07) is 8.18. The van der Waals surface area contributed by atoms with E-state index in [0.717, 1.165) is 17.9 Å². The third-order valence-corrected chi connectivity index (χ3v) is 6.34. The van der Waals surface area contributed by atoms with Crippen molar-refractivity contribution < 1.29 is 8.95 Å². The van der Waals surface area contributed by atoms with Crippen molar-refractivity contribution in [1.82, 2.24) is 5.32 Å². The van der Waals surface area contributed by atoms with Gasteiger partial charge in [0, 0.05) is 21.6 Å². The number of fused-ring (bicyclic) bond motifs is 1. The van der Waals surface area contributed by atoms with Crippen LogP contribution < -0.4 is 10.1 Å². The quantitative estimate of drug-likeness (QED) is 0.908. The normalized spacial score (nSPS) is 24.9. The van der Waals surface area contributed by atoms with Crippen molar-refractivity contribution in [2.45, 2.75) is 44.2 Å². The van der Waals surface area contributed by atoms with Gasteiger partial charge in [-0.1, -0.05) is 45.9 Å². The minimum absolute atomic E-state index is 0.0160. The molecule has 2 rings (SSSR count). The van der Waals surface area contributed by atoms with Crippen molar-refractivity contribution in [2.24, 2.45) is 5.92 Å². The van der Waals surface area contributed by atoms with E-state index in [1.807, 2.05) is 18.2 Å². The molecule has 1 heterocycles. The van der Waals surface area contributed by atoms with Crippen LogP contribution in [0.3, 0.4) is 0 Å². The molecule has 1 N–H and O–H groups in total. The van der Waals surface area contributed by atoms with Crippen LogP contribution in [0.5, 0.6) is 5.75 Å². The van der Waals surface area contributed by atoms with Crippen LogP contribution in [0.4, 0.5) is 0 Å². The molecule has 3 nitrogen and oxygen atoms in total. The Balaban J connectivity index is 2.28. The molecular weight excluding hydrogens is 270 g/mol. The molecule has 0 saturated heterocycles. The van der Waals surface area contributed by atoms with Gasteiger partial charge in [0.05, 0.1) is 11.3 Å². The lowest BCUT2D eigenvalue weighted by molar-refractivity contribution is 0.258. The van der Waals surface area contributed by atoms with Crippen molar-refractivity contribution in [1.29, 1.82) is 0 Å². The van der Waals surface area contributed by atoms with Crippen LogP contribution in [0.2, 0.25) is 0 Å². The van der Waals surface area contributed by atoms with E-state index in [4.69, 9.17) is 4.74 Å². The molecule has 0 saturated carbocycles. The van der Waals surface area contributed by atoms with Gasteiger partial charge in [-0.2, -0.15) is 0 Å². The van der Waals surface area contributed by atoms with E-state index in [9.17, 15) is 4.21 Å². The fourth-order valence-corrected chi connectivity index (χ4v) is 4.34. The lowest BCUT2D eigenvalue weighted by atomic mass is 10.0. The Morgan fingerprint density at radius 3 is 2.70 bits per heavy atom. The first-order valence-electron chi connectivity index (χ1n) is 7.40. The van der Waals surface area contributed by atoms with Crippen molar-refractivity contribution in [2.75, 3.05) is 13.2 Å². The van der Waals surface area contributed by atoms with Gasteiger partial charge in [-0.15, -0.1) is 0 Å². The molecule has 4 unspecified atom stereocenters. The molecule has 0 aliphatic carbocycles. The second kappa shape index (κ2) is 6.72. The van der Waals surface area contributed by atoms with Gasteiger partial charge < -0.3 is 10.1 Å². The molecule has 1 aliphatic rings. The second-order valence-corrected chi connectivity index (χ2v) is 7.71. The van der Waals surface area contributed by atoms with Gasteiger partial charge in [0.2, 0.25) is 0 Å². The van der Waals surface area contributed by atoms with E-state index in [1.165, 1.54) is 0 Å². The van der Waals surface area contributed by atoms with Gasteiger partial charge in [-0.05, 0) is 18.5 Å². The second-order valence-electron chi connectivity index (χ2n) is 5.70. The summed E-state index contributed by atoms with van der Waals surface area (Å²) in [6.07, 6.45) is 0. The zero-order chi connectivity index (χ0) is 14.7. The maximum Gasteiger partial charge on any atom is 0.124 e. The Morgan fingerprint density at radius 2 is 2.05 bits per heavy atom.